The molecule has 3 rings (SSSR count). The first-order chi connectivity index (χ1) is 16.8. The predicted molar refractivity (Wildman–Crippen MR) is 135 cm³/mol. The number of hydrogen-bond donors (Lipinski definition) is 2. The Kier molecular flexibility index (Phi) is 9.26. The van der Waals surface area contributed by atoms with E-state index < -0.39 is 5.82 Å². The first kappa shape index (κ1) is 26.2. The molecule has 0 fully saturated rings. The molecule has 0 saturated carbocycles. The Balaban J connectivity index is 1.50. The van der Waals surface area contributed by atoms with Crippen LogP contribution in [0.4, 0.5) is 10.1 Å². The number of methoxy groups -OCH3 is 2. The Morgan fingerprint density at radius 1 is 1.14 bits per heavy atom. The molecular formula is C23H23BrFN5O4S. The smallest absolute Gasteiger partial charge is 0.244 e. The van der Waals surface area contributed by atoms with Crippen molar-refractivity contribution >= 4 is 51.3 Å². The third kappa shape index (κ3) is 7.30. The van der Waals surface area contributed by atoms with Gasteiger partial charge in [-0.2, -0.15) is 0 Å². The zero-order valence-corrected chi connectivity index (χ0v) is 21.6. The van der Waals surface area contributed by atoms with Crippen molar-refractivity contribution in [2.24, 2.45) is 7.05 Å². The van der Waals surface area contributed by atoms with Gasteiger partial charge in [0.1, 0.15) is 5.82 Å². The lowest BCUT2D eigenvalue weighted by Gasteiger charge is -2.08. The highest BCUT2D eigenvalue weighted by Crippen LogP contribution is 2.28. The van der Waals surface area contributed by atoms with Gasteiger partial charge in [0, 0.05) is 17.6 Å². The molecule has 9 nitrogen and oxygen atoms in total. The maximum absolute atomic E-state index is 13.9. The molecule has 2 N–H and O–H groups in total. The molecule has 0 aliphatic carbocycles. The molecule has 1 aromatic heterocycles. The van der Waals surface area contributed by atoms with Gasteiger partial charge >= 0.3 is 0 Å². The van der Waals surface area contributed by atoms with Gasteiger partial charge in [-0.15, -0.1) is 10.2 Å². The highest BCUT2D eigenvalue weighted by Gasteiger charge is 2.13. The summed E-state index contributed by atoms with van der Waals surface area (Å²) in [5, 5.41) is 13.9. The number of nitrogens with one attached hydrogen (secondary N) is 2. The monoisotopic (exact) mass is 563 g/mol. The van der Waals surface area contributed by atoms with E-state index in [1.807, 2.05) is 0 Å². The number of thioether (sulfide) groups is 1. The van der Waals surface area contributed by atoms with Gasteiger partial charge in [-0.25, -0.2) is 4.39 Å². The molecule has 0 spiro atoms. The van der Waals surface area contributed by atoms with Crippen molar-refractivity contribution < 1.29 is 23.5 Å². The zero-order chi connectivity index (χ0) is 25.4. The minimum atomic E-state index is -0.533. The fraction of sp³-hybridized carbons (Fsp3) is 0.217. The number of halogens is 2. The summed E-state index contributed by atoms with van der Waals surface area (Å²) in [6.07, 6.45) is 3.06. The van der Waals surface area contributed by atoms with Gasteiger partial charge in [0.2, 0.25) is 11.8 Å². The topological polar surface area (TPSA) is 107 Å². The second-order valence-electron chi connectivity index (χ2n) is 7.08. The lowest BCUT2D eigenvalue weighted by Crippen LogP contribution is -2.22. The third-order valence-electron chi connectivity index (χ3n) is 4.72. The average molecular weight is 564 g/mol. The molecule has 12 heteroatoms. The molecule has 0 atom stereocenters. The van der Waals surface area contributed by atoms with Gasteiger partial charge in [-0.3, -0.25) is 9.59 Å². The van der Waals surface area contributed by atoms with Crippen LogP contribution in [0, 0.1) is 5.82 Å². The van der Waals surface area contributed by atoms with E-state index >= 15 is 0 Å². The second kappa shape index (κ2) is 12.4. The van der Waals surface area contributed by atoms with E-state index in [1.54, 1.807) is 56.2 Å². The molecule has 0 saturated heterocycles. The third-order valence-corrected chi connectivity index (χ3v) is 6.23. The quantitative estimate of drug-likeness (QED) is 0.285. The molecule has 0 bridgehead atoms. The van der Waals surface area contributed by atoms with E-state index in [0.717, 1.165) is 17.3 Å². The summed E-state index contributed by atoms with van der Waals surface area (Å²) in [5.74, 6) is 0.469. The summed E-state index contributed by atoms with van der Waals surface area (Å²) in [6.45, 7) is 0.148. The minimum Gasteiger partial charge on any atom is -0.493 e. The summed E-state index contributed by atoms with van der Waals surface area (Å²) in [7, 11) is 4.83. The van der Waals surface area contributed by atoms with Crippen molar-refractivity contribution in [1.29, 1.82) is 0 Å². The summed E-state index contributed by atoms with van der Waals surface area (Å²) in [4.78, 5) is 24.4. The second-order valence-corrected chi connectivity index (χ2v) is 8.94. The van der Waals surface area contributed by atoms with Crippen molar-refractivity contribution in [2.45, 2.75) is 11.7 Å². The number of ether oxygens (including phenoxy) is 2. The van der Waals surface area contributed by atoms with Crippen molar-refractivity contribution in [2.75, 3.05) is 25.3 Å². The molecule has 0 aliphatic heterocycles. The molecule has 35 heavy (non-hydrogen) atoms. The Bertz CT molecular complexity index is 1250. The van der Waals surface area contributed by atoms with Crippen molar-refractivity contribution in [3.63, 3.8) is 0 Å². The molecule has 1 heterocycles. The summed E-state index contributed by atoms with van der Waals surface area (Å²) in [5.41, 5.74) is 0.873. The number of rotatable bonds is 10. The number of benzene rings is 2. The Labute approximate surface area is 214 Å². The van der Waals surface area contributed by atoms with Crippen LogP contribution in [0.3, 0.4) is 0 Å². The summed E-state index contributed by atoms with van der Waals surface area (Å²) < 4.78 is 26.6. The molecule has 3 aromatic rings. The van der Waals surface area contributed by atoms with Crippen LogP contribution in [-0.2, 0) is 23.2 Å². The number of anilines is 1. The normalized spacial score (nSPS) is 10.9. The molecule has 2 amide bonds. The van der Waals surface area contributed by atoms with Gasteiger partial charge in [0.15, 0.2) is 22.5 Å². The van der Waals surface area contributed by atoms with Crippen LogP contribution < -0.4 is 20.1 Å². The van der Waals surface area contributed by atoms with Crippen LogP contribution in [0.1, 0.15) is 11.4 Å². The molecule has 0 radical (unpaired) electrons. The highest BCUT2D eigenvalue weighted by molar-refractivity contribution is 9.10. The van der Waals surface area contributed by atoms with Crippen molar-refractivity contribution in [1.82, 2.24) is 20.1 Å². The predicted octanol–water partition coefficient (Wildman–Crippen LogP) is 3.79. The van der Waals surface area contributed by atoms with Crippen LogP contribution >= 0.6 is 27.7 Å². The maximum atomic E-state index is 13.9. The molecule has 184 valence electrons. The molecule has 0 aliphatic rings. The van der Waals surface area contributed by atoms with Crippen LogP contribution in [0.2, 0.25) is 0 Å². The van der Waals surface area contributed by atoms with Gasteiger partial charge < -0.3 is 24.7 Å². The minimum absolute atomic E-state index is 0.0158. The Morgan fingerprint density at radius 3 is 2.63 bits per heavy atom. The fourth-order valence-electron chi connectivity index (χ4n) is 2.89. The molecule has 0 unspecified atom stereocenters. The lowest BCUT2D eigenvalue weighted by atomic mass is 10.2. The number of carbonyl (C=O) groups is 2. The van der Waals surface area contributed by atoms with Crippen molar-refractivity contribution in [3.05, 3.63) is 64.2 Å². The van der Waals surface area contributed by atoms with Crippen LogP contribution in [-0.4, -0.2) is 46.6 Å². The maximum Gasteiger partial charge on any atom is 0.244 e. The summed E-state index contributed by atoms with van der Waals surface area (Å²) >= 11 is 4.32. The molecule has 2 aromatic carbocycles. The number of aromatic nitrogens is 3. The van der Waals surface area contributed by atoms with Gasteiger partial charge in [-0.1, -0.05) is 33.8 Å². The van der Waals surface area contributed by atoms with Gasteiger partial charge in [0.25, 0.3) is 0 Å². The highest BCUT2D eigenvalue weighted by atomic mass is 79.9. The van der Waals surface area contributed by atoms with E-state index in [-0.39, 0.29) is 29.8 Å². The van der Waals surface area contributed by atoms with E-state index in [4.69, 9.17) is 9.47 Å². The van der Waals surface area contributed by atoms with E-state index in [9.17, 15) is 14.0 Å². The SMILES string of the molecule is COc1ccc(C=CC(=O)NCc2nnc(SCC(=O)Nc3ccc(Br)cc3F)n2C)cc1OC. The van der Waals surface area contributed by atoms with E-state index in [0.29, 0.717) is 27.0 Å². The molecular weight excluding hydrogens is 541 g/mol. The van der Waals surface area contributed by atoms with E-state index in [2.05, 4.69) is 36.8 Å². The van der Waals surface area contributed by atoms with E-state index in [1.165, 1.54) is 18.2 Å². The number of nitrogens with zero attached hydrogens (tertiary/aromatic N) is 3. The largest absolute Gasteiger partial charge is 0.493 e. The first-order valence-electron chi connectivity index (χ1n) is 10.2. The lowest BCUT2D eigenvalue weighted by molar-refractivity contribution is -0.116. The first-order valence-corrected chi connectivity index (χ1v) is 12.0. The number of hydrogen-bond acceptors (Lipinski definition) is 7. The average Bonchev–Trinajstić information content (AvgIpc) is 3.20. The van der Waals surface area contributed by atoms with Crippen LogP contribution in [0.15, 0.2) is 52.1 Å². The van der Waals surface area contributed by atoms with Crippen LogP contribution in [0.25, 0.3) is 6.08 Å². The summed E-state index contributed by atoms with van der Waals surface area (Å²) in [6, 6.07) is 9.71. The Morgan fingerprint density at radius 2 is 1.91 bits per heavy atom. The van der Waals surface area contributed by atoms with Gasteiger partial charge in [0.05, 0.1) is 32.2 Å². The zero-order valence-electron chi connectivity index (χ0n) is 19.2. The Hall–Kier alpha value is -3.38. The number of carbonyl (C=O) groups excluding carboxylic acids is 2. The standard InChI is InChI=1S/C23H23BrFN5O4S/c1-30-20(12-26-21(31)9-5-14-4-8-18(33-2)19(10-14)34-3)28-29-23(30)35-13-22(32)27-17-7-6-15(24)11-16(17)25/h4-11H,12-13H2,1-3H3,(H,26,31)(H,27,32). The fourth-order valence-corrected chi connectivity index (χ4v) is 3.95. The van der Waals surface area contributed by atoms with Gasteiger partial charge in [-0.05, 0) is 42.0 Å². The number of amides is 2. The van der Waals surface area contributed by atoms with Crippen LogP contribution in [0.5, 0.6) is 11.5 Å². The van der Waals surface area contributed by atoms with Crippen molar-refractivity contribution in [3.8, 4) is 11.5 Å².